The highest BCUT2D eigenvalue weighted by molar-refractivity contribution is 7.79. The van der Waals surface area contributed by atoms with Crippen LogP contribution in [0.5, 0.6) is 5.75 Å². The molecule has 2 N–H and O–H groups in total. The number of diazo groups is 1. The van der Waals surface area contributed by atoms with E-state index in [2.05, 4.69) is 4.98 Å². The highest BCUT2D eigenvalue weighted by Gasteiger charge is 2.10. The zero-order valence-corrected chi connectivity index (χ0v) is 8.55. The molecule has 0 aliphatic heterocycles. The minimum Gasteiger partial charge on any atom is -0.489 e. The van der Waals surface area contributed by atoms with E-state index in [1.807, 2.05) is 6.07 Å². The van der Waals surface area contributed by atoms with E-state index in [0.29, 0.717) is 11.4 Å². The second-order valence-corrected chi connectivity index (χ2v) is 3.12. The van der Waals surface area contributed by atoms with Gasteiger partial charge in [-0.05, 0) is 6.07 Å². The van der Waals surface area contributed by atoms with Gasteiger partial charge in [0.05, 0.1) is 7.11 Å². The number of ether oxygens (including phenoxy) is 1. The smallest absolute Gasteiger partial charge is 0.426 e. The fourth-order valence-electron chi connectivity index (χ4n) is 0.712. The molecule has 0 saturated carbocycles. The minimum atomic E-state index is -4.67. The summed E-state index contributed by atoms with van der Waals surface area (Å²) in [5.74, 6) is 0.574. The molecule has 0 amide bonds. The maximum atomic E-state index is 8.74. The SMILES string of the molecule is COc1ccccc1[N+]#N.O=S(=O)(O)O. The van der Waals surface area contributed by atoms with Gasteiger partial charge in [0.15, 0.2) is 4.98 Å². The van der Waals surface area contributed by atoms with Crippen LogP contribution in [0.1, 0.15) is 0 Å². The van der Waals surface area contributed by atoms with Crippen LogP contribution in [-0.2, 0) is 10.4 Å². The summed E-state index contributed by atoms with van der Waals surface area (Å²) in [5, 5.41) is 8.39. The molecule has 8 heteroatoms. The maximum absolute atomic E-state index is 8.74. The van der Waals surface area contributed by atoms with E-state index < -0.39 is 10.4 Å². The van der Waals surface area contributed by atoms with Gasteiger partial charge in [-0.25, -0.2) is 0 Å². The molecule has 7 nitrogen and oxygen atoms in total. The molecular weight excluding hydrogens is 224 g/mol. The summed E-state index contributed by atoms with van der Waals surface area (Å²) in [6, 6.07) is 6.99. The van der Waals surface area contributed by atoms with Gasteiger partial charge in [-0.3, -0.25) is 9.11 Å². The van der Waals surface area contributed by atoms with Crippen molar-refractivity contribution in [2.75, 3.05) is 7.11 Å². The largest absolute Gasteiger partial charge is 0.489 e. The summed E-state index contributed by atoms with van der Waals surface area (Å²) in [5.41, 5.74) is 0.449. The molecule has 0 saturated heterocycles. The van der Waals surface area contributed by atoms with Crippen molar-refractivity contribution < 1.29 is 22.3 Å². The molecule has 0 spiro atoms. The number of hydrogen-bond donors (Lipinski definition) is 2. The number of methoxy groups -OCH3 is 1. The average Bonchev–Trinajstić information content (AvgIpc) is 2.15. The van der Waals surface area contributed by atoms with E-state index in [1.54, 1.807) is 18.2 Å². The average molecular weight is 233 g/mol. The zero-order valence-electron chi connectivity index (χ0n) is 7.73. The van der Waals surface area contributed by atoms with Crippen LogP contribution >= 0.6 is 0 Å². The lowest BCUT2D eigenvalue weighted by molar-refractivity contribution is 0.381. The first-order valence-corrected chi connectivity index (χ1v) is 4.96. The fourth-order valence-corrected chi connectivity index (χ4v) is 0.712. The first-order chi connectivity index (χ1) is 6.88. The first kappa shape index (κ1) is 13.3. The van der Waals surface area contributed by atoms with Crippen molar-refractivity contribution in [3.05, 3.63) is 29.2 Å². The minimum absolute atomic E-state index is 0.449. The third kappa shape index (κ3) is 7.39. The molecule has 82 valence electrons. The number of para-hydroxylation sites is 1. The van der Waals surface area contributed by atoms with Crippen molar-refractivity contribution in [1.29, 1.82) is 5.39 Å². The van der Waals surface area contributed by atoms with Crippen LogP contribution < -0.4 is 4.74 Å². The normalized spacial score (nSPS) is 9.47. The summed E-state index contributed by atoms with van der Waals surface area (Å²) < 4.78 is 36.5. The molecule has 15 heavy (non-hydrogen) atoms. The van der Waals surface area contributed by atoms with Crippen LogP contribution in [0.15, 0.2) is 24.3 Å². The number of hydrogen-bond acceptors (Lipinski definition) is 4. The molecule has 0 heterocycles. The maximum Gasteiger partial charge on any atom is 0.426 e. The molecule has 0 unspecified atom stereocenters. The van der Waals surface area contributed by atoms with Gasteiger partial charge in [0.1, 0.15) is 0 Å². The summed E-state index contributed by atoms with van der Waals surface area (Å²) in [7, 11) is -3.13. The Kier molecular flexibility index (Phi) is 5.25. The highest BCUT2D eigenvalue weighted by Crippen LogP contribution is 2.25. The zero-order chi connectivity index (χ0) is 11.9. The molecular formula is C7H9N2O5S+. The third-order valence-electron chi connectivity index (χ3n) is 1.19. The molecule has 0 aliphatic rings. The molecule has 0 aliphatic carbocycles. The summed E-state index contributed by atoms with van der Waals surface area (Å²) in [4.78, 5) is 3.02. The van der Waals surface area contributed by atoms with Crippen LogP contribution in [0.3, 0.4) is 0 Å². The quantitative estimate of drug-likeness (QED) is 0.561. The Morgan fingerprint density at radius 3 is 2.13 bits per heavy atom. The van der Waals surface area contributed by atoms with Crippen LogP contribution in [0.25, 0.3) is 4.98 Å². The number of nitrogens with zero attached hydrogens (tertiary/aromatic N) is 2. The highest BCUT2D eigenvalue weighted by atomic mass is 32.3. The van der Waals surface area contributed by atoms with Gasteiger partial charge in [-0.1, -0.05) is 12.1 Å². The Labute approximate surface area is 86.5 Å². The Morgan fingerprint density at radius 2 is 1.80 bits per heavy atom. The molecule has 0 fully saturated rings. The predicted octanol–water partition coefficient (Wildman–Crippen LogP) is 1.53. The van der Waals surface area contributed by atoms with Gasteiger partial charge >= 0.3 is 16.1 Å². The van der Waals surface area contributed by atoms with Gasteiger partial charge in [-0.15, -0.1) is 0 Å². The van der Waals surface area contributed by atoms with Gasteiger partial charge in [0.25, 0.3) is 0 Å². The Hall–Kier alpha value is -1.69. The van der Waals surface area contributed by atoms with Crippen LogP contribution in [0.4, 0.5) is 5.69 Å². The van der Waals surface area contributed by atoms with Crippen LogP contribution in [-0.4, -0.2) is 24.6 Å². The van der Waals surface area contributed by atoms with E-state index in [1.165, 1.54) is 7.11 Å². The van der Waals surface area contributed by atoms with Crippen LogP contribution in [0, 0.1) is 5.39 Å². The molecule has 0 bridgehead atoms. The summed E-state index contributed by atoms with van der Waals surface area (Å²) in [6.45, 7) is 0. The molecule has 0 radical (unpaired) electrons. The van der Waals surface area contributed by atoms with Gasteiger partial charge in [0, 0.05) is 6.07 Å². The second kappa shape index (κ2) is 5.92. The Morgan fingerprint density at radius 1 is 1.33 bits per heavy atom. The van der Waals surface area contributed by atoms with Crippen molar-refractivity contribution in [3.8, 4) is 5.75 Å². The Balaban J connectivity index is 0.000000336. The lowest BCUT2D eigenvalue weighted by Gasteiger charge is -1.91. The van der Waals surface area contributed by atoms with Crippen molar-refractivity contribution in [2.24, 2.45) is 0 Å². The van der Waals surface area contributed by atoms with Crippen LogP contribution in [0.2, 0.25) is 0 Å². The van der Waals surface area contributed by atoms with E-state index in [4.69, 9.17) is 27.7 Å². The summed E-state index contributed by atoms with van der Waals surface area (Å²) >= 11 is 0. The lowest BCUT2D eigenvalue weighted by Crippen LogP contribution is -1.89. The monoisotopic (exact) mass is 233 g/mol. The van der Waals surface area contributed by atoms with E-state index in [-0.39, 0.29) is 0 Å². The number of rotatable bonds is 1. The van der Waals surface area contributed by atoms with Gasteiger partial charge in [0.2, 0.25) is 11.1 Å². The van der Waals surface area contributed by atoms with Crippen molar-refractivity contribution in [1.82, 2.24) is 0 Å². The molecule has 1 rings (SSSR count). The van der Waals surface area contributed by atoms with E-state index in [9.17, 15) is 0 Å². The fraction of sp³-hybridized carbons (Fsp3) is 0.143. The molecule has 1 aromatic carbocycles. The van der Waals surface area contributed by atoms with E-state index in [0.717, 1.165) is 0 Å². The molecule has 1 aromatic rings. The molecule has 0 atom stereocenters. The first-order valence-electron chi connectivity index (χ1n) is 3.56. The predicted molar refractivity (Wildman–Crippen MR) is 51.9 cm³/mol. The molecule has 0 aromatic heterocycles. The number of benzene rings is 1. The van der Waals surface area contributed by atoms with E-state index >= 15 is 0 Å². The summed E-state index contributed by atoms with van der Waals surface area (Å²) in [6.07, 6.45) is 0. The van der Waals surface area contributed by atoms with Gasteiger partial charge in [-0.2, -0.15) is 8.42 Å². The van der Waals surface area contributed by atoms with Gasteiger partial charge < -0.3 is 4.74 Å². The van der Waals surface area contributed by atoms with Crippen molar-refractivity contribution >= 4 is 16.1 Å². The topological polar surface area (TPSA) is 112 Å². The third-order valence-corrected chi connectivity index (χ3v) is 1.19. The van der Waals surface area contributed by atoms with Crippen molar-refractivity contribution in [3.63, 3.8) is 0 Å². The van der Waals surface area contributed by atoms with Crippen molar-refractivity contribution in [2.45, 2.75) is 0 Å². The Bertz CT molecular complexity index is 443. The second-order valence-electron chi connectivity index (χ2n) is 2.22. The lowest BCUT2D eigenvalue weighted by atomic mass is 10.3. The standard InChI is InChI=1S/C7H7N2O.H2O4S/c1-10-7-5-3-2-4-6(7)9-8;1-5(2,3)4/h2-5H,1H3;(H2,1,2,3,4)/q+1;.